The van der Waals surface area contributed by atoms with Crippen LogP contribution in [-0.2, 0) is 0 Å². The largest absolute Gasteiger partial charge is 0.309 e. The quantitative estimate of drug-likeness (QED) is 0.225. The van der Waals surface area contributed by atoms with Crippen molar-refractivity contribution in [1.82, 2.24) is 9.13 Å². The Kier molecular flexibility index (Phi) is 4.67. The Balaban J connectivity index is 1.67. The third-order valence-electron chi connectivity index (χ3n) is 7.46. The molecule has 178 valence electrons. The van der Waals surface area contributed by atoms with Gasteiger partial charge in [-0.2, -0.15) is 5.26 Å². The number of hydrogen-bond acceptors (Lipinski definition) is 1. The van der Waals surface area contributed by atoms with Crippen LogP contribution in [0.5, 0.6) is 0 Å². The van der Waals surface area contributed by atoms with E-state index in [1.54, 1.807) is 0 Å². The number of hydrogen-bond donors (Lipinski definition) is 0. The first-order valence-electron chi connectivity index (χ1n) is 12.5. The number of aromatic nitrogens is 2. The Morgan fingerprint density at radius 2 is 1.05 bits per heavy atom. The maximum atomic E-state index is 10.7. The molecule has 0 aliphatic heterocycles. The van der Waals surface area contributed by atoms with E-state index in [9.17, 15) is 5.26 Å². The molecule has 0 saturated heterocycles. The Hall–Kier alpha value is -5.32. The average molecular weight is 487 g/mol. The Labute approximate surface area is 220 Å². The van der Waals surface area contributed by atoms with Gasteiger partial charge >= 0.3 is 0 Å². The van der Waals surface area contributed by atoms with Crippen LogP contribution in [0.15, 0.2) is 97.1 Å². The summed E-state index contributed by atoms with van der Waals surface area (Å²) in [6, 6.07) is 35.5. The van der Waals surface area contributed by atoms with Gasteiger partial charge in [0.25, 0.3) is 0 Å². The van der Waals surface area contributed by atoms with Crippen molar-refractivity contribution < 1.29 is 0 Å². The summed E-state index contributed by atoms with van der Waals surface area (Å²) in [4.78, 5) is 3.85. The van der Waals surface area contributed by atoms with Gasteiger partial charge in [-0.15, -0.1) is 0 Å². The first-order valence-corrected chi connectivity index (χ1v) is 12.5. The van der Waals surface area contributed by atoms with E-state index >= 15 is 0 Å². The standard InChI is InChI=1S/C34H22N4/c1-21-12-14-31-26(16-21)24-8-4-6-10-29(24)37(31)33-18-23(36-3)19-34(28(33)20-35)38-30-11-7-5-9-25(30)27-17-22(2)13-15-32(27)38/h4-19H,1-2H3. The summed E-state index contributed by atoms with van der Waals surface area (Å²) in [5.74, 6) is 0. The fourth-order valence-electron chi connectivity index (χ4n) is 5.82. The molecule has 0 atom stereocenters. The molecule has 7 rings (SSSR count). The number of para-hydroxylation sites is 2. The van der Waals surface area contributed by atoms with Crippen molar-refractivity contribution in [2.24, 2.45) is 0 Å². The number of nitrogens with zero attached hydrogens (tertiary/aromatic N) is 4. The van der Waals surface area contributed by atoms with Crippen molar-refractivity contribution in [2.45, 2.75) is 13.8 Å². The number of benzene rings is 5. The topological polar surface area (TPSA) is 38.0 Å². The van der Waals surface area contributed by atoms with E-state index in [0.29, 0.717) is 22.6 Å². The van der Waals surface area contributed by atoms with E-state index in [0.717, 1.165) is 43.6 Å². The molecule has 7 aromatic rings. The highest BCUT2D eigenvalue weighted by atomic mass is 15.0. The smallest absolute Gasteiger partial charge is 0.191 e. The summed E-state index contributed by atoms with van der Waals surface area (Å²) < 4.78 is 4.28. The molecule has 5 aromatic carbocycles. The predicted octanol–water partition coefficient (Wildman–Crippen LogP) is 8.92. The van der Waals surface area contributed by atoms with Crippen molar-refractivity contribution in [1.29, 1.82) is 5.26 Å². The zero-order valence-corrected chi connectivity index (χ0v) is 21.0. The summed E-state index contributed by atoms with van der Waals surface area (Å²) in [6.07, 6.45) is 0. The molecule has 0 spiro atoms. The highest BCUT2D eigenvalue weighted by Crippen LogP contribution is 2.40. The number of nitriles is 1. The fourth-order valence-corrected chi connectivity index (χ4v) is 5.82. The lowest BCUT2D eigenvalue weighted by atomic mass is 10.1. The van der Waals surface area contributed by atoms with E-state index in [4.69, 9.17) is 6.57 Å². The molecule has 0 bridgehead atoms. The third kappa shape index (κ3) is 3.01. The molecule has 2 heterocycles. The molecule has 0 unspecified atom stereocenters. The van der Waals surface area contributed by atoms with Crippen LogP contribution in [0.1, 0.15) is 16.7 Å². The van der Waals surface area contributed by atoms with Gasteiger partial charge in [-0.05, 0) is 62.4 Å². The van der Waals surface area contributed by atoms with E-state index in [1.165, 1.54) is 11.1 Å². The molecule has 2 aromatic heterocycles. The summed E-state index contributed by atoms with van der Waals surface area (Å²) in [6.45, 7) is 12.1. The highest BCUT2D eigenvalue weighted by molar-refractivity contribution is 6.11. The average Bonchev–Trinajstić information content (AvgIpc) is 3.44. The maximum Gasteiger partial charge on any atom is 0.191 e. The molecular weight excluding hydrogens is 464 g/mol. The van der Waals surface area contributed by atoms with Crippen molar-refractivity contribution in [3.8, 4) is 17.4 Å². The predicted molar refractivity (Wildman–Crippen MR) is 156 cm³/mol. The van der Waals surface area contributed by atoms with E-state index in [2.05, 4.69) is 94.6 Å². The van der Waals surface area contributed by atoms with Gasteiger partial charge in [0.2, 0.25) is 0 Å². The first kappa shape index (κ1) is 21.9. The van der Waals surface area contributed by atoms with E-state index in [-0.39, 0.29) is 0 Å². The normalized spacial score (nSPS) is 11.4. The van der Waals surface area contributed by atoms with Gasteiger partial charge < -0.3 is 9.13 Å². The second-order valence-corrected chi connectivity index (χ2v) is 9.83. The zero-order chi connectivity index (χ0) is 26.0. The summed E-state index contributed by atoms with van der Waals surface area (Å²) in [7, 11) is 0. The van der Waals surface area contributed by atoms with Crippen molar-refractivity contribution in [2.75, 3.05) is 0 Å². The van der Waals surface area contributed by atoms with E-state index in [1.807, 2.05) is 36.4 Å². The minimum atomic E-state index is 0.491. The lowest BCUT2D eigenvalue weighted by molar-refractivity contribution is 1.12. The zero-order valence-electron chi connectivity index (χ0n) is 21.0. The summed E-state index contributed by atoms with van der Waals surface area (Å²) in [5.41, 5.74) is 8.85. The molecule has 0 fully saturated rings. The molecule has 38 heavy (non-hydrogen) atoms. The molecule has 0 N–H and O–H groups in total. The summed E-state index contributed by atoms with van der Waals surface area (Å²) >= 11 is 0. The van der Waals surface area contributed by atoms with Gasteiger partial charge in [0, 0.05) is 21.5 Å². The molecule has 0 aliphatic carbocycles. The molecule has 4 nitrogen and oxygen atoms in total. The molecule has 0 saturated carbocycles. The van der Waals surface area contributed by atoms with Crippen LogP contribution in [0.2, 0.25) is 0 Å². The van der Waals surface area contributed by atoms with Gasteiger partial charge in [-0.25, -0.2) is 4.85 Å². The summed E-state index contributed by atoms with van der Waals surface area (Å²) in [5, 5.41) is 15.2. The number of fused-ring (bicyclic) bond motifs is 6. The Bertz CT molecular complexity index is 2040. The van der Waals surface area contributed by atoms with Crippen LogP contribution >= 0.6 is 0 Å². The Morgan fingerprint density at radius 3 is 1.50 bits per heavy atom. The van der Waals surface area contributed by atoms with Crippen molar-refractivity contribution in [3.63, 3.8) is 0 Å². The minimum Gasteiger partial charge on any atom is -0.309 e. The highest BCUT2D eigenvalue weighted by Gasteiger charge is 2.21. The second kappa shape index (κ2) is 8.10. The van der Waals surface area contributed by atoms with Crippen LogP contribution in [0.4, 0.5) is 5.69 Å². The van der Waals surface area contributed by atoms with Crippen LogP contribution in [0.25, 0.3) is 59.8 Å². The van der Waals surface area contributed by atoms with Crippen LogP contribution in [-0.4, -0.2) is 9.13 Å². The maximum absolute atomic E-state index is 10.7. The minimum absolute atomic E-state index is 0.491. The monoisotopic (exact) mass is 486 g/mol. The van der Waals surface area contributed by atoms with Gasteiger partial charge in [-0.1, -0.05) is 59.7 Å². The second-order valence-electron chi connectivity index (χ2n) is 9.83. The van der Waals surface area contributed by atoms with Gasteiger partial charge in [-0.3, -0.25) is 0 Å². The number of aryl methyl sites for hydroxylation is 2. The van der Waals surface area contributed by atoms with Crippen LogP contribution in [0.3, 0.4) is 0 Å². The van der Waals surface area contributed by atoms with Crippen LogP contribution in [0, 0.1) is 31.8 Å². The molecule has 0 radical (unpaired) electrons. The lowest BCUT2D eigenvalue weighted by Crippen LogP contribution is -2.04. The van der Waals surface area contributed by atoms with Crippen molar-refractivity contribution in [3.05, 3.63) is 125 Å². The first-order chi connectivity index (χ1) is 18.6. The van der Waals surface area contributed by atoms with Gasteiger partial charge in [0.15, 0.2) is 5.69 Å². The van der Waals surface area contributed by atoms with E-state index < -0.39 is 0 Å². The fraction of sp³-hybridized carbons (Fsp3) is 0.0588. The third-order valence-corrected chi connectivity index (χ3v) is 7.46. The molecular formula is C34H22N4. The van der Waals surface area contributed by atoms with Crippen LogP contribution < -0.4 is 0 Å². The molecule has 0 amide bonds. The lowest BCUT2D eigenvalue weighted by Gasteiger charge is -2.17. The SMILES string of the molecule is [C-]#[N+]c1cc(-n2c3ccccc3c3cc(C)ccc32)c(C#N)c(-n2c3ccccc3c3cc(C)ccc32)c1. The van der Waals surface area contributed by atoms with Gasteiger partial charge in [0.1, 0.15) is 6.07 Å². The molecule has 4 heteroatoms. The van der Waals surface area contributed by atoms with Gasteiger partial charge in [0.05, 0.1) is 45.6 Å². The number of rotatable bonds is 2. The van der Waals surface area contributed by atoms with Crippen molar-refractivity contribution >= 4 is 49.3 Å². The Morgan fingerprint density at radius 1 is 0.605 bits per heavy atom. The molecule has 0 aliphatic rings.